The van der Waals surface area contributed by atoms with Crippen molar-refractivity contribution in [2.24, 2.45) is 5.10 Å². The van der Waals surface area contributed by atoms with Crippen molar-refractivity contribution in [1.29, 1.82) is 0 Å². The summed E-state index contributed by atoms with van der Waals surface area (Å²) in [6, 6.07) is 17.2. The maximum Gasteiger partial charge on any atom is 0.244 e. The van der Waals surface area contributed by atoms with Crippen LogP contribution in [-0.4, -0.2) is 12.1 Å². The zero-order chi connectivity index (χ0) is 20.6. The van der Waals surface area contributed by atoms with E-state index in [1.165, 1.54) is 30.5 Å². The second-order valence-electron chi connectivity index (χ2n) is 6.19. The van der Waals surface area contributed by atoms with Crippen LogP contribution < -0.4 is 10.2 Å². The maximum absolute atomic E-state index is 13.0. The normalized spacial score (nSPS) is 10.9. The molecule has 3 aromatic rings. The molecule has 7 heteroatoms. The van der Waals surface area contributed by atoms with Crippen LogP contribution in [0, 0.1) is 11.6 Å². The molecule has 0 unspecified atom stereocenters. The Hall–Kier alpha value is -3.06. The maximum atomic E-state index is 13.0. The minimum absolute atomic E-state index is 0.0873. The molecule has 0 aliphatic rings. The standard InChI is InChI=1S/C22H17BrF2N2O2/c23-18-5-10-21(29-14-16-3-8-20(25)9-4-16)17(12-18)13-26-27-22(28)11-15-1-6-19(24)7-2-15/h1-10,12-13H,11,14H2,(H,27,28)/b26-13+. The molecule has 1 amide bonds. The van der Waals surface area contributed by atoms with Crippen LogP contribution in [0.2, 0.25) is 0 Å². The number of carbonyl (C=O) groups excluding carboxylic acids is 1. The quantitative estimate of drug-likeness (QED) is 0.400. The monoisotopic (exact) mass is 458 g/mol. The van der Waals surface area contributed by atoms with Crippen LogP contribution in [-0.2, 0) is 17.8 Å². The van der Waals surface area contributed by atoms with Gasteiger partial charge in [0.1, 0.15) is 24.0 Å². The van der Waals surface area contributed by atoms with Crippen molar-refractivity contribution < 1.29 is 18.3 Å². The lowest BCUT2D eigenvalue weighted by Gasteiger charge is -2.10. The van der Waals surface area contributed by atoms with Gasteiger partial charge in [0.15, 0.2) is 0 Å². The van der Waals surface area contributed by atoms with Gasteiger partial charge >= 0.3 is 0 Å². The SMILES string of the molecule is O=C(Cc1ccc(F)cc1)N/N=C/c1cc(Br)ccc1OCc1ccc(F)cc1. The fourth-order valence-corrected chi connectivity index (χ4v) is 2.87. The molecule has 0 atom stereocenters. The first-order valence-corrected chi connectivity index (χ1v) is 9.52. The van der Waals surface area contributed by atoms with E-state index in [1.807, 2.05) is 6.07 Å². The Morgan fingerprint density at radius 1 is 0.966 bits per heavy atom. The highest BCUT2D eigenvalue weighted by Gasteiger charge is 2.06. The molecule has 3 rings (SSSR count). The number of rotatable bonds is 7. The summed E-state index contributed by atoms with van der Waals surface area (Å²) in [5.74, 6) is -0.415. The zero-order valence-corrected chi connectivity index (χ0v) is 16.8. The van der Waals surface area contributed by atoms with E-state index in [2.05, 4.69) is 26.5 Å². The molecule has 0 heterocycles. The fourth-order valence-electron chi connectivity index (χ4n) is 2.49. The van der Waals surface area contributed by atoms with Crippen LogP contribution in [0.1, 0.15) is 16.7 Å². The summed E-state index contributed by atoms with van der Waals surface area (Å²) in [7, 11) is 0. The summed E-state index contributed by atoms with van der Waals surface area (Å²) < 4.78 is 32.5. The van der Waals surface area contributed by atoms with Crippen molar-refractivity contribution in [3.63, 3.8) is 0 Å². The van der Waals surface area contributed by atoms with Crippen molar-refractivity contribution >= 4 is 28.1 Å². The molecule has 29 heavy (non-hydrogen) atoms. The third-order valence-corrected chi connectivity index (χ3v) is 4.44. The lowest BCUT2D eigenvalue weighted by Crippen LogP contribution is -2.19. The average Bonchev–Trinajstić information content (AvgIpc) is 2.70. The molecule has 0 aliphatic heterocycles. The Bertz CT molecular complexity index is 1010. The van der Waals surface area contributed by atoms with E-state index in [0.717, 1.165) is 10.0 Å². The summed E-state index contributed by atoms with van der Waals surface area (Å²) in [4.78, 5) is 12.0. The van der Waals surface area contributed by atoms with Gasteiger partial charge in [-0.2, -0.15) is 5.10 Å². The third-order valence-electron chi connectivity index (χ3n) is 3.95. The molecule has 4 nitrogen and oxygen atoms in total. The molecule has 0 radical (unpaired) electrons. The van der Waals surface area contributed by atoms with Gasteiger partial charge in [0.25, 0.3) is 0 Å². The van der Waals surface area contributed by atoms with Crippen molar-refractivity contribution in [1.82, 2.24) is 5.43 Å². The van der Waals surface area contributed by atoms with Gasteiger partial charge in [0, 0.05) is 10.0 Å². The highest BCUT2D eigenvalue weighted by molar-refractivity contribution is 9.10. The summed E-state index contributed by atoms with van der Waals surface area (Å²) in [6.07, 6.45) is 1.57. The van der Waals surface area contributed by atoms with Gasteiger partial charge in [0.05, 0.1) is 12.6 Å². The number of hydrogen-bond donors (Lipinski definition) is 1. The van der Waals surface area contributed by atoms with Gasteiger partial charge in [-0.05, 0) is 53.6 Å². The smallest absolute Gasteiger partial charge is 0.244 e. The molecule has 0 aliphatic carbocycles. The number of hydrazone groups is 1. The number of ether oxygens (including phenoxy) is 1. The van der Waals surface area contributed by atoms with Gasteiger partial charge < -0.3 is 4.74 Å². The lowest BCUT2D eigenvalue weighted by molar-refractivity contribution is -0.120. The van der Waals surface area contributed by atoms with Crippen LogP contribution in [0.25, 0.3) is 0 Å². The molecule has 0 bridgehead atoms. The predicted octanol–water partition coefficient (Wildman–Crippen LogP) is 5.00. The topological polar surface area (TPSA) is 50.7 Å². The molecule has 0 saturated carbocycles. The zero-order valence-electron chi connectivity index (χ0n) is 15.2. The minimum Gasteiger partial charge on any atom is -0.488 e. The van der Waals surface area contributed by atoms with E-state index < -0.39 is 0 Å². The second kappa shape index (κ2) is 9.93. The molecule has 148 valence electrons. The van der Waals surface area contributed by atoms with E-state index in [1.54, 1.807) is 36.4 Å². The van der Waals surface area contributed by atoms with Gasteiger partial charge in [0.2, 0.25) is 5.91 Å². The lowest BCUT2D eigenvalue weighted by atomic mass is 10.1. The number of nitrogens with one attached hydrogen (secondary N) is 1. The summed E-state index contributed by atoms with van der Waals surface area (Å²) in [5.41, 5.74) is 4.61. The number of halogens is 3. The molecule has 3 aromatic carbocycles. The second-order valence-corrected chi connectivity index (χ2v) is 7.11. The Morgan fingerprint density at radius 3 is 2.24 bits per heavy atom. The first kappa shape index (κ1) is 20.7. The minimum atomic E-state index is -0.352. The van der Waals surface area contributed by atoms with Crippen LogP contribution >= 0.6 is 15.9 Å². The summed E-state index contributed by atoms with van der Waals surface area (Å²) >= 11 is 3.39. The van der Waals surface area contributed by atoms with Crippen LogP contribution in [0.4, 0.5) is 8.78 Å². The predicted molar refractivity (Wildman–Crippen MR) is 111 cm³/mol. The van der Waals surface area contributed by atoms with Crippen molar-refractivity contribution in [3.8, 4) is 5.75 Å². The average molecular weight is 459 g/mol. The van der Waals surface area contributed by atoms with Gasteiger partial charge in [-0.15, -0.1) is 0 Å². The molecule has 1 N–H and O–H groups in total. The Balaban J connectivity index is 1.61. The van der Waals surface area contributed by atoms with Gasteiger partial charge in [-0.3, -0.25) is 4.79 Å². The van der Waals surface area contributed by atoms with Gasteiger partial charge in [-0.25, -0.2) is 14.2 Å². The summed E-state index contributed by atoms with van der Waals surface area (Å²) in [6.45, 7) is 0.264. The van der Waals surface area contributed by atoms with Crippen molar-refractivity contribution in [2.45, 2.75) is 13.0 Å². The first-order chi connectivity index (χ1) is 14.0. The van der Waals surface area contributed by atoms with Gasteiger partial charge in [-0.1, -0.05) is 40.2 Å². The Labute approximate surface area is 175 Å². The Morgan fingerprint density at radius 2 is 1.59 bits per heavy atom. The molecular weight excluding hydrogens is 442 g/mol. The molecule has 0 spiro atoms. The van der Waals surface area contributed by atoms with E-state index in [9.17, 15) is 13.6 Å². The van der Waals surface area contributed by atoms with Crippen molar-refractivity contribution in [3.05, 3.63) is 99.5 Å². The highest BCUT2D eigenvalue weighted by atomic mass is 79.9. The van der Waals surface area contributed by atoms with E-state index in [0.29, 0.717) is 16.9 Å². The van der Waals surface area contributed by atoms with E-state index in [-0.39, 0.29) is 30.6 Å². The van der Waals surface area contributed by atoms with Crippen LogP contribution in [0.5, 0.6) is 5.75 Å². The number of benzene rings is 3. The molecule has 0 aromatic heterocycles. The largest absolute Gasteiger partial charge is 0.488 e. The van der Waals surface area contributed by atoms with Crippen LogP contribution in [0.3, 0.4) is 0 Å². The summed E-state index contributed by atoms with van der Waals surface area (Å²) in [5, 5.41) is 3.97. The molecule has 0 saturated heterocycles. The number of nitrogens with zero attached hydrogens (tertiary/aromatic N) is 1. The highest BCUT2D eigenvalue weighted by Crippen LogP contribution is 2.23. The number of carbonyl (C=O) groups is 1. The Kier molecular flexibility index (Phi) is 7.08. The third kappa shape index (κ3) is 6.50. The van der Waals surface area contributed by atoms with E-state index >= 15 is 0 Å². The number of amides is 1. The van der Waals surface area contributed by atoms with Crippen molar-refractivity contribution in [2.75, 3.05) is 0 Å². The first-order valence-electron chi connectivity index (χ1n) is 8.73. The molecular formula is C22H17BrF2N2O2. The number of hydrogen-bond acceptors (Lipinski definition) is 3. The molecule has 0 fully saturated rings. The fraction of sp³-hybridized carbons (Fsp3) is 0.0909. The van der Waals surface area contributed by atoms with Crippen LogP contribution in [0.15, 0.2) is 76.3 Å². The van der Waals surface area contributed by atoms with E-state index in [4.69, 9.17) is 4.74 Å².